The Morgan fingerprint density at radius 1 is 1.15 bits per heavy atom. The van der Waals surface area contributed by atoms with Crippen LogP contribution in [0.4, 0.5) is 10.1 Å². The van der Waals surface area contributed by atoms with Crippen molar-refractivity contribution >= 4 is 17.6 Å². The van der Waals surface area contributed by atoms with Crippen molar-refractivity contribution in [3.05, 3.63) is 30.1 Å². The van der Waals surface area contributed by atoms with Crippen LogP contribution in [0.3, 0.4) is 0 Å². The van der Waals surface area contributed by atoms with Gasteiger partial charge in [-0.25, -0.2) is 9.38 Å². The van der Waals surface area contributed by atoms with Crippen LogP contribution in [-0.2, 0) is 4.79 Å². The number of hydrogen-bond acceptors (Lipinski definition) is 3. The summed E-state index contributed by atoms with van der Waals surface area (Å²) in [6.07, 6.45) is 2.61. The monoisotopic (exact) mass is 366 g/mol. The van der Waals surface area contributed by atoms with E-state index in [4.69, 9.17) is 0 Å². The Labute approximate surface area is 155 Å². The average Bonchev–Trinajstić information content (AvgIpc) is 2.65. The molecule has 0 aromatic heterocycles. The van der Waals surface area contributed by atoms with Crippen molar-refractivity contribution in [3.63, 3.8) is 0 Å². The Hall–Kier alpha value is -2.15. The van der Waals surface area contributed by atoms with Crippen LogP contribution in [0.25, 0.3) is 0 Å². The van der Waals surface area contributed by atoms with E-state index in [2.05, 4.69) is 34.8 Å². The summed E-state index contributed by atoms with van der Waals surface area (Å²) in [6, 6.07) is 5.60. The number of carbonyl (C=O) groups excluding carboxylic acids is 1. The number of aliphatic imine (C=N–C) groups is 1. The lowest BCUT2D eigenvalue weighted by Gasteiger charge is -2.32. The van der Waals surface area contributed by atoms with Crippen LogP contribution < -0.4 is 16.0 Å². The Kier molecular flexibility index (Phi) is 9.65. The van der Waals surface area contributed by atoms with Gasteiger partial charge in [0.1, 0.15) is 12.4 Å². The molecule has 1 amide bonds. The SMILES string of the molecule is CCNC(=NCC(=O)Nc1ccc(F)cc1)NCC(CC)(CC)CCO. The minimum atomic E-state index is -0.349. The highest BCUT2D eigenvalue weighted by atomic mass is 19.1. The molecule has 146 valence electrons. The molecule has 4 N–H and O–H groups in total. The van der Waals surface area contributed by atoms with Crippen molar-refractivity contribution in [1.29, 1.82) is 0 Å². The van der Waals surface area contributed by atoms with Gasteiger partial charge < -0.3 is 21.1 Å². The fourth-order valence-corrected chi connectivity index (χ4v) is 2.68. The van der Waals surface area contributed by atoms with Gasteiger partial charge >= 0.3 is 0 Å². The molecule has 0 bridgehead atoms. The zero-order valence-corrected chi connectivity index (χ0v) is 15.9. The maximum Gasteiger partial charge on any atom is 0.246 e. The number of anilines is 1. The number of aliphatic hydroxyl groups excluding tert-OH is 1. The molecule has 0 saturated heterocycles. The number of halogens is 1. The number of carbonyl (C=O) groups is 1. The quantitative estimate of drug-likeness (QED) is 0.379. The number of hydrogen-bond donors (Lipinski definition) is 4. The maximum absolute atomic E-state index is 12.9. The van der Waals surface area contributed by atoms with Crippen LogP contribution >= 0.6 is 0 Å². The lowest BCUT2D eigenvalue weighted by molar-refractivity contribution is -0.114. The summed E-state index contributed by atoms with van der Waals surface area (Å²) in [4.78, 5) is 16.3. The van der Waals surface area contributed by atoms with Crippen molar-refractivity contribution in [2.24, 2.45) is 10.4 Å². The van der Waals surface area contributed by atoms with Crippen molar-refractivity contribution < 1.29 is 14.3 Å². The third kappa shape index (κ3) is 7.39. The first-order chi connectivity index (χ1) is 12.5. The standard InChI is InChI=1S/C19H31FN4O2/c1-4-19(5-2,11-12-25)14-23-18(21-6-3)22-13-17(26)24-16-9-7-15(20)8-10-16/h7-10,25H,4-6,11-14H2,1-3H3,(H,24,26)(H2,21,22,23). The Bertz CT molecular complexity index is 571. The molecule has 0 unspecified atom stereocenters. The number of nitrogens with one attached hydrogen (secondary N) is 3. The zero-order valence-electron chi connectivity index (χ0n) is 15.9. The molecular weight excluding hydrogens is 335 g/mol. The van der Waals surface area contributed by atoms with E-state index in [1.807, 2.05) is 6.92 Å². The van der Waals surface area contributed by atoms with Gasteiger partial charge in [-0.2, -0.15) is 0 Å². The van der Waals surface area contributed by atoms with Gasteiger partial charge in [0.15, 0.2) is 5.96 Å². The maximum atomic E-state index is 12.9. The van der Waals surface area contributed by atoms with Crippen molar-refractivity contribution in [2.45, 2.75) is 40.0 Å². The predicted octanol–water partition coefficient (Wildman–Crippen LogP) is 2.51. The molecule has 0 spiro atoms. The van der Waals surface area contributed by atoms with Crippen LogP contribution in [0.15, 0.2) is 29.3 Å². The molecule has 0 heterocycles. The van der Waals surface area contributed by atoms with Crippen LogP contribution in [-0.4, -0.2) is 43.2 Å². The normalized spacial score (nSPS) is 12.0. The van der Waals surface area contributed by atoms with Crippen molar-refractivity contribution in [2.75, 3.05) is 31.6 Å². The number of aliphatic hydroxyl groups is 1. The third-order valence-corrected chi connectivity index (χ3v) is 4.63. The molecule has 1 rings (SSSR count). The van der Waals surface area contributed by atoms with Gasteiger partial charge in [0.25, 0.3) is 0 Å². The minimum Gasteiger partial charge on any atom is -0.396 e. The van der Waals surface area contributed by atoms with Crippen LogP contribution in [0.5, 0.6) is 0 Å². The molecule has 6 nitrogen and oxygen atoms in total. The number of benzene rings is 1. The minimum absolute atomic E-state index is 0.00130. The Balaban J connectivity index is 2.63. The average molecular weight is 366 g/mol. The van der Waals surface area contributed by atoms with Crippen molar-refractivity contribution in [3.8, 4) is 0 Å². The first-order valence-electron chi connectivity index (χ1n) is 9.17. The van der Waals surface area contributed by atoms with Crippen LogP contribution in [0.1, 0.15) is 40.0 Å². The molecule has 0 aliphatic heterocycles. The summed E-state index contributed by atoms with van der Waals surface area (Å²) in [6.45, 7) is 7.64. The van der Waals surface area contributed by atoms with E-state index in [9.17, 15) is 14.3 Å². The first kappa shape index (κ1) is 21.9. The molecule has 26 heavy (non-hydrogen) atoms. The Morgan fingerprint density at radius 2 is 1.81 bits per heavy atom. The zero-order chi connectivity index (χ0) is 19.4. The summed E-state index contributed by atoms with van der Waals surface area (Å²) in [5.41, 5.74) is 0.532. The van der Waals surface area contributed by atoms with Gasteiger partial charge in [-0.1, -0.05) is 13.8 Å². The Morgan fingerprint density at radius 3 is 2.35 bits per heavy atom. The largest absolute Gasteiger partial charge is 0.396 e. The molecule has 7 heteroatoms. The summed E-state index contributed by atoms with van der Waals surface area (Å²) < 4.78 is 12.9. The highest BCUT2D eigenvalue weighted by molar-refractivity contribution is 5.94. The highest BCUT2D eigenvalue weighted by Crippen LogP contribution is 2.29. The number of amides is 1. The summed E-state index contributed by atoms with van der Waals surface area (Å²) in [5.74, 6) is -0.0646. The van der Waals surface area contributed by atoms with E-state index in [0.717, 1.165) is 19.3 Å². The van der Waals surface area contributed by atoms with Crippen LogP contribution in [0, 0.1) is 11.2 Å². The number of guanidine groups is 1. The molecule has 0 fully saturated rings. The summed E-state index contributed by atoms with van der Waals surface area (Å²) >= 11 is 0. The predicted molar refractivity (Wildman–Crippen MR) is 104 cm³/mol. The molecular formula is C19H31FN4O2. The molecule has 0 aliphatic rings. The van der Waals surface area contributed by atoms with E-state index in [0.29, 0.717) is 24.7 Å². The number of nitrogens with zero attached hydrogens (tertiary/aromatic N) is 1. The van der Waals surface area contributed by atoms with Gasteiger partial charge in [-0.05, 0) is 55.9 Å². The van der Waals surface area contributed by atoms with Gasteiger partial charge in [0.2, 0.25) is 5.91 Å². The van der Waals surface area contributed by atoms with Crippen molar-refractivity contribution in [1.82, 2.24) is 10.6 Å². The molecule has 0 saturated carbocycles. The smallest absolute Gasteiger partial charge is 0.246 e. The van der Waals surface area contributed by atoms with E-state index in [1.54, 1.807) is 0 Å². The molecule has 0 atom stereocenters. The van der Waals surface area contributed by atoms with E-state index in [1.165, 1.54) is 24.3 Å². The summed E-state index contributed by atoms with van der Waals surface area (Å²) in [5, 5.41) is 18.4. The third-order valence-electron chi connectivity index (χ3n) is 4.63. The fourth-order valence-electron chi connectivity index (χ4n) is 2.68. The van der Waals surface area contributed by atoms with Crippen LogP contribution in [0.2, 0.25) is 0 Å². The lowest BCUT2D eigenvalue weighted by atomic mass is 9.79. The molecule has 0 radical (unpaired) electrons. The van der Waals surface area contributed by atoms with Gasteiger partial charge in [-0.15, -0.1) is 0 Å². The van der Waals surface area contributed by atoms with Gasteiger partial charge in [0.05, 0.1) is 0 Å². The summed E-state index contributed by atoms with van der Waals surface area (Å²) in [7, 11) is 0. The fraction of sp³-hybridized carbons (Fsp3) is 0.579. The lowest BCUT2D eigenvalue weighted by Crippen LogP contribution is -2.44. The van der Waals surface area contributed by atoms with E-state index < -0.39 is 0 Å². The van der Waals surface area contributed by atoms with Gasteiger partial charge in [0, 0.05) is 25.4 Å². The van der Waals surface area contributed by atoms with E-state index >= 15 is 0 Å². The van der Waals surface area contributed by atoms with Gasteiger partial charge in [-0.3, -0.25) is 4.79 Å². The number of rotatable bonds is 10. The second kappa shape index (κ2) is 11.5. The van der Waals surface area contributed by atoms with E-state index in [-0.39, 0.29) is 30.3 Å². The second-order valence-electron chi connectivity index (χ2n) is 6.28. The second-order valence-corrected chi connectivity index (χ2v) is 6.28. The topological polar surface area (TPSA) is 85.8 Å². The first-order valence-corrected chi connectivity index (χ1v) is 9.17. The molecule has 1 aromatic carbocycles. The highest BCUT2D eigenvalue weighted by Gasteiger charge is 2.25. The molecule has 0 aliphatic carbocycles. The molecule has 1 aromatic rings.